The molecule has 0 unspecified atom stereocenters. The molecule has 7 nitrogen and oxygen atoms in total. The smallest absolute Gasteiger partial charge is 0.340 e. The number of nitrogens with zero attached hydrogens (tertiary/aromatic N) is 2. The Morgan fingerprint density at radius 3 is 2.34 bits per heavy atom. The van der Waals surface area contributed by atoms with E-state index in [0.29, 0.717) is 16.8 Å². The Hall–Kier alpha value is -3.74. The van der Waals surface area contributed by atoms with E-state index in [9.17, 15) is 14.4 Å². The number of carbonyl (C=O) groups excluding carboxylic acids is 3. The normalized spacial score (nSPS) is 15.1. The largest absolute Gasteiger partial charge is 0.465 e. The maximum Gasteiger partial charge on any atom is 0.340 e. The van der Waals surface area contributed by atoms with Gasteiger partial charge in [-0.05, 0) is 42.3 Å². The van der Waals surface area contributed by atoms with Crippen molar-refractivity contribution in [1.82, 2.24) is 9.88 Å². The maximum atomic E-state index is 13.1. The first-order chi connectivity index (χ1) is 14.0. The van der Waals surface area contributed by atoms with Gasteiger partial charge in [0.15, 0.2) is 0 Å². The maximum absolute atomic E-state index is 13.1. The van der Waals surface area contributed by atoms with E-state index in [0.717, 1.165) is 5.56 Å². The van der Waals surface area contributed by atoms with Gasteiger partial charge in [0.25, 0.3) is 5.91 Å². The molecule has 7 heteroatoms. The zero-order chi connectivity index (χ0) is 21.0. The van der Waals surface area contributed by atoms with E-state index in [2.05, 4.69) is 9.72 Å². The van der Waals surface area contributed by atoms with E-state index >= 15 is 0 Å². The molecule has 0 saturated carbocycles. The van der Waals surface area contributed by atoms with Crippen molar-refractivity contribution in [1.29, 1.82) is 0 Å². The summed E-state index contributed by atoms with van der Waals surface area (Å²) in [4.78, 5) is 42.6. The predicted molar refractivity (Wildman–Crippen MR) is 105 cm³/mol. The molecular weight excluding hydrogens is 372 g/mol. The number of benzene rings is 1. The molecule has 0 N–H and O–H groups in total. The summed E-state index contributed by atoms with van der Waals surface area (Å²) in [5, 5.41) is 0. The molecule has 0 radical (unpaired) electrons. The molecule has 1 aromatic heterocycles. The van der Waals surface area contributed by atoms with Crippen LogP contribution in [0.25, 0.3) is 6.08 Å². The molecule has 0 spiro atoms. The Balaban J connectivity index is 1.98. The monoisotopic (exact) mass is 392 g/mol. The average molecular weight is 392 g/mol. The van der Waals surface area contributed by atoms with Crippen LogP contribution in [0.5, 0.6) is 0 Å². The number of hydrogen-bond donors (Lipinski definition) is 0. The fourth-order valence-electron chi connectivity index (χ4n) is 3.09. The van der Waals surface area contributed by atoms with Crippen LogP contribution in [-0.4, -0.2) is 41.9 Å². The van der Waals surface area contributed by atoms with Gasteiger partial charge in [0, 0.05) is 18.1 Å². The molecule has 2 heterocycles. The molecule has 3 rings (SSSR count). The van der Waals surface area contributed by atoms with Gasteiger partial charge >= 0.3 is 11.9 Å². The summed E-state index contributed by atoms with van der Waals surface area (Å²) in [5.41, 5.74) is 2.88. The molecule has 1 aromatic carbocycles. The fourth-order valence-corrected chi connectivity index (χ4v) is 3.09. The Morgan fingerprint density at radius 1 is 1.07 bits per heavy atom. The highest BCUT2D eigenvalue weighted by Crippen LogP contribution is 2.32. The van der Waals surface area contributed by atoms with E-state index in [1.165, 1.54) is 19.1 Å². The van der Waals surface area contributed by atoms with Crippen molar-refractivity contribution in [2.75, 3.05) is 14.2 Å². The second kappa shape index (κ2) is 8.52. The Kier molecular flexibility index (Phi) is 5.87. The summed E-state index contributed by atoms with van der Waals surface area (Å²) < 4.78 is 9.58. The lowest BCUT2D eigenvalue weighted by molar-refractivity contribution is -0.136. The molecular formula is C22H20N2O5. The van der Waals surface area contributed by atoms with Gasteiger partial charge in [0.1, 0.15) is 0 Å². The Labute approximate surface area is 168 Å². The molecule has 1 amide bonds. The molecule has 0 atom stereocenters. The van der Waals surface area contributed by atoms with Crippen molar-refractivity contribution in [3.63, 3.8) is 0 Å². The zero-order valence-corrected chi connectivity index (χ0v) is 16.3. The Morgan fingerprint density at radius 2 is 1.76 bits per heavy atom. The van der Waals surface area contributed by atoms with E-state index in [1.54, 1.807) is 55.7 Å². The van der Waals surface area contributed by atoms with Crippen molar-refractivity contribution < 1.29 is 23.9 Å². The fraction of sp³-hybridized carbons (Fsp3) is 0.182. The standard InChI is InChI=1S/C22H20N2O5/c1-14-19(22(27)29-3)18(11-15-6-8-17(9-7-15)21(26)28-2)20(25)24(14)13-16-5-4-10-23-12-16/h4-12H,13H2,1-3H3/b18-11-. The minimum atomic E-state index is -0.582. The summed E-state index contributed by atoms with van der Waals surface area (Å²) in [5.74, 6) is -1.33. The van der Waals surface area contributed by atoms with Gasteiger partial charge in [-0.15, -0.1) is 0 Å². The summed E-state index contributed by atoms with van der Waals surface area (Å²) in [6.45, 7) is 2.00. The highest BCUT2D eigenvalue weighted by Gasteiger charge is 2.36. The number of carbonyl (C=O) groups is 3. The minimum Gasteiger partial charge on any atom is -0.465 e. The SMILES string of the molecule is COC(=O)C1=C(C)N(Cc2cccnc2)C(=O)/C1=C\c1ccc(C(=O)OC)cc1. The van der Waals surface area contributed by atoms with Crippen LogP contribution in [0.3, 0.4) is 0 Å². The van der Waals surface area contributed by atoms with Crippen LogP contribution < -0.4 is 0 Å². The first kappa shape index (κ1) is 20.0. The van der Waals surface area contributed by atoms with Crippen LogP contribution in [0.4, 0.5) is 0 Å². The number of hydrogen-bond acceptors (Lipinski definition) is 6. The lowest BCUT2D eigenvalue weighted by Crippen LogP contribution is -2.24. The summed E-state index contributed by atoms with van der Waals surface area (Å²) in [6.07, 6.45) is 4.94. The average Bonchev–Trinajstić information content (AvgIpc) is 2.98. The van der Waals surface area contributed by atoms with E-state index < -0.39 is 11.9 Å². The first-order valence-corrected chi connectivity index (χ1v) is 8.86. The third-order valence-corrected chi connectivity index (χ3v) is 4.61. The van der Waals surface area contributed by atoms with Gasteiger partial charge in [-0.2, -0.15) is 0 Å². The number of allylic oxidation sites excluding steroid dienone is 1. The lowest BCUT2D eigenvalue weighted by atomic mass is 10.0. The van der Waals surface area contributed by atoms with Crippen molar-refractivity contribution in [2.24, 2.45) is 0 Å². The van der Waals surface area contributed by atoms with Crippen molar-refractivity contribution in [3.8, 4) is 0 Å². The summed E-state index contributed by atoms with van der Waals surface area (Å²) >= 11 is 0. The van der Waals surface area contributed by atoms with Crippen LogP contribution in [0.2, 0.25) is 0 Å². The number of pyridine rings is 1. The van der Waals surface area contributed by atoms with Gasteiger partial charge < -0.3 is 14.4 Å². The van der Waals surface area contributed by atoms with Crippen LogP contribution in [-0.2, 0) is 25.6 Å². The van der Waals surface area contributed by atoms with Crippen molar-refractivity contribution in [2.45, 2.75) is 13.5 Å². The van der Waals surface area contributed by atoms with Gasteiger partial charge in [0.2, 0.25) is 0 Å². The van der Waals surface area contributed by atoms with E-state index in [4.69, 9.17) is 4.74 Å². The zero-order valence-electron chi connectivity index (χ0n) is 16.3. The number of ether oxygens (including phenoxy) is 2. The quantitative estimate of drug-likeness (QED) is 0.575. The van der Waals surface area contributed by atoms with Crippen molar-refractivity contribution >= 4 is 23.9 Å². The Bertz CT molecular complexity index is 1010. The molecule has 1 aliphatic rings. The number of methoxy groups -OCH3 is 2. The second-order valence-corrected chi connectivity index (χ2v) is 6.38. The van der Waals surface area contributed by atoms with Gasteiger partial charge in [-0.3, -0.25) is 9.78 Å². The van der Waals surface area contributed by atoms with Crippen molar-refractivity contribution in [3.05, 3.63) is 82.3 Å². The van der Waals surface area contributed by atoms with Crippen LogP contribution in [0.1, 0.15) is 28.4 Å². The summed E-state index contributed by atoms with van der Waals surface area (Å²) in [6, 6.07) is 10.2. The first-order valence-electron chi connectivity index (χ1n) is 8.86. The number of rotatable bonds is 5. The van der Waals surface area contributed by atoms with Gasteiger partial charge in [-0.1, -0.05) is 18.2 Å². The number of aromatic nitrogens is 1. The number of amides is 1. The highest BCUT2D eigenvalue weighted by atomic mass is 16.5. The molecule has 0 fully saturated rings. The van der Waals surface area contributed by atoms with Gasteiger partial charge in [0.05, 0.1) is 37.5 Å². The van der Waals surface area contributed by atoms with E-state index in [1.807, 2.05) is 6.07 Å². The summed E-state index contributed by atoms with van der Waals surface area (Å²) in [7, 11) is 2.59. The molecule has 29 heavy (non-hydrogen) atoms. The third-order valence-electron chi connectivity index (χ3n) is 4.61. The predicted octanol–water partition coefficient (Wildman–Crippen LogP) is 2.74. The topological polar surface area (TPSA) is 85.8 Å². The second-order valence-electron chi connectivity index (χ2n) is 6.38. The molecule has 0 bridgehead atoms. The molecule has 0 aliphatic carbocycles. The molecule has 2 aromatic rings. The van der Waals surface area contributed by atoms with Gasteiger partial charge in [-0.25, -0.2) is 9.59 Å². The number of esters is 2. The molecule has 0 saturated heterocycles. The van der Waals surface area contributed by atoms with E-state index in [-0.39, 0.29) is 23.6 Å². The highest BCUT2D eigenvalue weighted by molar-refractivity contribution is 6.16. The lowest BCUT2D eigenvalue weighted by Gasteiger charge is -2.17. The van der Waals surface area contributed by atoms with Crippen LogP contribution in [0, 0.1) is 0 Å². The third kappa shape index (κ3) is 4.08. The van der Waals surface area contributed by atoms with Crippen LogP contribution in [0.15, 0.2) is 65.6 Å². The molecule has 148 valence electrons. The van der Waals surface area contributed by atoms with Crippen LogP contribution >= 0.6 is 0 Å². The minimum absolute atomic E-state index is 0.221. The molecule has 1 aliphatic heterocycles.